The van der Waals surface area contributed by atoms with E-state index in [4.69, 9.17) is 11.5 Å². The molecule has 4 nitrogen and oxygen atoms in total. The van der Waals surface area contributed by atoms with Gasteiger partial charge in [0.05, 0.1) is 6.04 Å². The van der Waals surface area contributed by atoms with Gasteiger partial charge in [0.2, 0.25) is 0 Å². The van der Waals surface area contributed by atoms with Gasteiger partial charge >= 0.3 is 0 Å². The maximum absolute atomic E-state index is 11.9. The maximum Gasteiger partial charge on any atom is 0.175 e. The van der Waals surface area contributed by atoms with Crippen LogP contribution in [0.2, 0.25) is 0 Å². The SMILES string of the molecule is C=C(C)C(=O)C(N)C(CCCN)C(=O)C(=C)C. The van der Waals surface area contributed by atoms with Crippen LogP contribution in [0.4, 0.5) is 0 Å². The molecule has 0 amide bonds. The molecule has 0 aliphatic heterocycles. The van der Waals surface area contributed by atoms with Gasteiger partial charge in [0.25, 0.3) is 0 Å². The molecule has 0 saturated heterocycles. The van der Waals surface area contributed by atoms with Crippen LogP contribution < -0.4 is 11.5 Å². The summed E-state index contributed by atoms with van der Waals surface area (Å²) in [5.74, 6) is -0.984. The van der Waals surface area contributed by atoms with Crippen molar-refractivity contribution in [1.82, 2.24) is 0 Å². The highest BCUT2D eigenvalue weighted by atomic mass is 16.1. The molecule has 2 atom stereocenters. The molecule has 0 aromatic heterocycles. The summed E-state index contributed by atoms with van der Waals surface area (Å²) in [6.07, 6.45) is 1.16. The Labute approximate surface area is 103 Å². The number of rotatable bonds is 8. The van der Waals surface area contributed by atoms with Crippen molar-refractivity contribution in [2.75, 3.05) is 6.54 Å². The van der Waals surface area contributed by atoms with Crippen molar-refractivity contribution in [2.24, 2.45) is 17.4 Å². The van der Waals surface area contributed by atoms with Gasteiger partial charge in [-0.15, -0.1) is 0 Å². The van der Waals surface area contributed by atoms with Gasteiger partial charge in [-0.2, -0.15) is 0 Å². The Kier molecular flexibility index (Phi) is 6.61. The number of ketones is 2. The van der Waals surface area contributed by atoms with Crippen LogP contribution in [0, 0.1) is 5.92 Å². The van der Waals surface area contributed by atoms with Gasteiger partial charge in [0.1, 0.15) is 0 Å². The molecule has 17 heavy (non-hydrogen) atoms. The van der Waals surface area contributed by atoms with Crippen LogP contribution in [0.3, 0.4) is 0 Å². The minimum Gasteiger partial charge on any atom is -0.330 e. The van der Waals surface area contributed by atoms with Crippen LogP contribution in [0.5, 0.6) is 0 Å². The van der Waals surface area contributed by atoms with E-state index in [0.29, 0.717) is 30.5 Å². The highest BCUT2D eigenvalue weighted by Gasteiger charge is 2.30. The Hall–Kier alpha value is -1.26. The molecule has 0 radical (unpaired) electrons. The van der Waals surface area contributed by atoms with Gasteiger partial charge in [0, 0.05) is 5.92 Å². The zero-order valence-corrected chi connectivity index (χ0v) is 10.7. The van der Waals surface area contributed by atoms with Crippen molar-refractivity contribution in [3.05, 3.63) is 24.3 Å². The molecule has 4 N–H and O–H groups in total. The van der Waals surface area contributed by atoms with E-state index in [1.54, 1.807) is 13.8 Å². The van der Waals surface area contributed by atoms with Crippen molar-refractivity contribution >= 4 is 11.6 Å². The van der Waals surface area contributed by atoms with Crippen LogP contribution >= 0.6 is 0 Å². The first-order valence-electron chi connectivity index (χ1n) is 5.68. The van der Waals surface area contributed by atoms with Crippen molar-refractivity contribution in [2.45, 2.75) is 32.7 Å². The minimum atomic E-state index is -0.844. The van der Waals surface area contributed by atoms with Gasteiger partial charge in [-0.3, -0.25) is 9.59 Å². The fourth-order valence-electron chi connectivity index (χ4n) is 1.60. The number of nitrogens with two attached hydrogens (primary N) is 2. The molecule has 0 aliphatic carbocycles. The summed E-state index contributed by atoms with van der Waals surface area (Å²) >= 11 is 0. The normalized spacial score (nSPS) is 13.9. The fourth-order valence-corrected chi connectivity index (χ4v) is 1.60. The minimum absolute atomic E-state index is 0.166. The van der Waals surface area contributed by atoms with Crippen molar-refractivity contribution in [3.8, 4) is 0 Å². The Morgan fingerprint density at radius 1 is 1.12 bits per heavy atom. The van der Waals surface area contributed by atoms with Crippen molar-refractivity contribution < 1.29 is 9.59 Å². The van der Waals surface area contributed by atoms with Gasteiger partial charge in [-0.05, 0) is 44.4 Å². The van der Waals surface area contributed by atoms with E-state index in [-0.39, 0.29) is 11.6 Å². The number of Topliss-reactive ketones (excluding diaryl/α,β-unsaturated/α-hetero) is 2. The molecular weight excluding hydrogens is 216 g/mol. The third-order valence-electron chi connectivity index (χ3n) is 2.63. The Balaban J connectivity index is 4.90. The molecule has 0 heterocycles. The van der Waals surface area contributed by atoms with Crippen LogP contribution in [0.1, 0.15) is 26.7 Å². The van der Waals surface area contributed by atoms with E-state index in [9.17, 15) is 9.59 Å². The monoisotopic (exact) mass is 238 g/mol. The van der Waals surface area contributed by atoms with E-state index < -0.39 is 12.0 Å². The summed E-state index contributed by atoms with van der Waals surface area (Å²) in [6.45, 7) is 10.8. The summed E-state index contributed by atoms with van der Waals surface area (Å²) in [4.78, 5) is 23.7. The predicted octanol–water partition coefficient (Wildman–Crippen LogP) is 0.959. The average molecular weight is 238 g/mol. The quantitative estimate of drug-likeness (QED) is 0.617. The molecule has 0 fully saturated rings. The fraction of sp³-hybridized carbons (Fsp3) is 0.538. The molecule has 2 unspecified atom stereocenters. The molecule has 96 valence electrons. The van der Waals surface area contributed by atoms with Crippen LogP contribution in [-0.2, 0) is 9.59 Å². The molecule has 0 bridgehead atoms. The molecule has 0 saturated carbocycles. The van der Waals surface area contributed by atoms with Crippen LogP contribution in [-0.4, -0.2) is 24.2 Å². The van der Waals surface area contributed by atoms with Gasteiger partial charge in [0.15, 0.2) is 11.6 Å². The Bertz CT molecular complexity index is 334. The van der Waals surface area contributed by atoms with Gasteiger partial charge in [-0.1, -0.05) is 13.2 Å². The maximum atomic E-state index is 11.9. The zero-order valence-electron chi connectivity index (χ0n) is 10.7. The van der Waals surface area contributed by atoms with Crippen molar-refractivity contribution in [3.63, 3.8) is 0 Å². The second-order valence-corrected chi connectivity index (χ2v) is 4.35. The first-order chi connectivity index (χ1) is 7.82. The first kappa shape index (κ1) is 15.7. The lowest BCUT2D eigenvalue weighted by atomic mass is 9.84. The molecule has 0 spiro atoms. The number of hydrogen-bond acceptors (Lipinski definition) is 4. The number of allylic oxidation sites excluding steroid dienone is 1. The number of hydrogen-bond donors (Lipinski definition) is 2. The molecule has 0 aromatic rings. The second-order valence-electron chi connectivity index (χ2n) is 4.35. The summed E-state index contributed by atoms with van der Waals surface area (Å²) in [5.41, 5.74) is 12.0. The van der Waals surface area contributed by atoms with Crippen LogP contribution in [0.25, 0.3) is 0 Å². The molecule has 0 aliphatic rings. The Morgan fingerprint density at radius 2 is 1.59 bits per heavy atom. The summed E-state index contributed by atoms with van der Waals surface area (Å²) in [7, 11) is 0. The van der Waals surface area contributed by atoms with Crippen molar-refractivity contribution in [1.29, 1.82) is 0 Å². The third-order valence-corrected chi connectivity index (χ3v) is 2.63. The van der Waals surface area contributed by atoms with E-state index >= 15 is 0 Å². The molecule has 0 rings (SSSR count). The lowest BCUT2D eigenvalue weighted by molar-refractivity contribution is -0.125. The van der Waals surface area contributed by atoms with E-state index in [2.05, 4.69) is 13.2 Å². The summed E-state index contributed by atoms with van der Waals surface area (Å²) in [5, 5.41) is 0. The number of carbonyl (C=O) groups is 2. The predicted molar refractivity (Wildman–Crippen MR) is 69.4 cm³/mol. The van der Waals surface area contributed by atoms with E-state index in [1.807, 2.05) is 0 Å². The smallest absolute Gasteiger partial charge is 0.175 e. The highest BCUT2D eigenvalue weighted by molar-refractivity contribution is 6.05. The van der Waals surface area contributed by atoms with Gasteiger partial charge < -0.3 is 11.5 Å². The van der Waals surface area contributed by atoms with Gasteiger partial charge in [-0.25, -0.2) is 0 Å². The number of carbonyl (C=O) groups excluding carboxylic acids is 2. The van der Waals surface area contributed by atoms with Crippen LogP contribution in [0.15, 0.2) is 24.3 Å². The first-order valence-corrected chi connectivity index (χ1v) is 5.68. The second kappa shape index (κ2) is 7.14. The lowest BCUT2D eigenvalue weighted by Gasteiger charge is -2.21. The van der Waals surface area contributed by atoms with E-state index in [1.165, 1.54) is 0 Å². The third kappa shape index (κ3) is 4.63. The molecule has 4 heteroatoms. The molecule has 0 aromatic carbocycles. The standard InChI is InChI=1S/C13H22N2O2/c1-8(2)12(16)10(6-5-7-14)11(15)13(17)9(3)4/h10-11H,1,3,5-7,14-15H2,2,4H3. The topological polar surface area (TPSA) is 86.2 Å². The largest absolute Gasteiger partial charge is 0.330 e. The summed E-state index contributed by atoms with van der Waals surface area (Å²) in [6, 6.07) is -0.844. The van der Waals surface area contributed by atoms with E-state index in [0.717, 1.165) is 0 Å². The Morgan fingerprint density at radius 3 is 1.94 bits per heavy atom. The summed E-state index contributed by atoms with van der Waals surface area (Å²) < 4.78 is 0. The zero-order chi connectivity index (χ0) is 13.6. The molecular formula is C13H22N2O2. The highest BCUT2D eigenvalue weighted by Crippen LogP contribution is 2.17. The average Bonchev–Trinajstić information content (AvgIpc) is 2.27. The lowest BCUT2D eigenvalue weighted by Crippen LogP contribution is -2.42.